The monoisotopic (exact) mass is 236 g/mol. The molecule has 96 valence electrons. The summed E-state index contributed by atoms with van der Waals surface area (Å²) in [4.78, 5) is 0. The van der Waals surface area contributed by atoms with Gasteiger partial charge in [0, 0.05) is 6.42 Å². The lowest BCUT2D eigenvalue weighted by Crippen LogP contribution is -2.17. The summed E-state index contributed by atoms with van der Waals surface area (Å²) in [6.07, 6.45) is 10.9. The molecule has 0 aliphatic carbocycles. The molecule has 2 heteroatoms. The van der Waals surface area contributed by atoms with Gasteiger partial charge >= 0.3 is 0 Å². The van der Waals surface area contributed by atoms with Gasteiger partial charge in [-0.25, -0.2) is 0 Å². The van der Waals surface area contributed by atoms with Crippen molar-refractivity contribution in [3.05, 3.63) is 50.8 Å². The fourth-order valence-corrected chi connectivity index (χ4v) is 1.59. The van der Waals surface area contributed by atoms with Gasteiger partial charge in [-0.1, -0.05) is 24.8 Å². The molecule has 0 aromatic rings. The fraction of sp³-hybridized carbons (Fsp3) is 0.467. The lowest BCUT2D eigenvalue weighted by molar-refractivity contribution is 0.0511. The Morgan fingerprint density at radius 1 is 0.824 bits per heavy atom. The minimum absolute atomic E-state index is 0.143. The van der Waals surface area contributed by atoms with Crippen molar-refractivity contribution in [2.45, 2.75) is 37.9 Å². The van der Waals surface area contributed by atoms with Crippen molar-refractivity contribution in [2.24, 2.45) is 0 Å². The van der Waals surface area contributed by atoms with Crippen molar-refractivity contribution in [1.29, 1.82) is 0 Å². The van der Waals surface area contributed by atoms with Crippen LogP contribution < -0.4 is 0 Å². The van der Waals surface area contributed by atoms with E-state index >= 15 is 0 Å². The zero-order valence-electron chi connectivity index (χ0n) is 10.6. The lowest BCUT2D eigenvalue weighted by atomic mass is 10.1. The van der Waals surface area contributed by atoms with E-state index in [1.165, 1.54) is 6.26 Å². The van der Waals surface area contributed by atoms with Gasteiger partial charge in [0.05, 0.1) is 19.0 Å². The maximum Gasteiger partial charge on any atom is 0.101 e. The number of rotatable bonds is 12. The van der Waals surface area contributed by atoms with Crippen molar-refractivity contribution in [3.63, 3.8) is 0 Å². The topological polar surface area (TPSA) is 18.5 Å². The molecule has 0 aliphatic rings. The zero-order valence-corrected chi connectivity index (χ0v) is 10.6. The Kier molecular flexibility index (Phi) is 10.4. The molecular weight excluding hydrogens is 212 g/mol. The van der Waals surface area contributed by atoms with Gasteiger partial charge < -0.3 is 9.47 Å². The Hall–Kier alpha value is -1.28. The smallest absolute Gasteiger partial charge is 0.101 e. The van der Waals surface area contributed by atoms with E-state index in [0.717, 1.165) is 25.7 Å². The Morgan fingerprint density at radius 2 is 1.41 bits per heavy atom. The standard InChI is InChI=1S/C15H24O2/c1-5-9-14(16-8-4)11-12-15(10-6-2)17-13-7-3/h5-8,14-15H,1-4,9-13H2. The Balaban J connectivity index is 4.03. The van der Waals surface area contributed by atoms with E-state index in [-0.39, 0.29) is 12.2 Å². The van der Waals surface area contributed by atoms with Gasteiger partial charge in [-0.05, 0) is 19.3 Å². The molecular formula is C15H24O2. The molecule has 0 amide bonds. The highest BCUT2D eigenvalue weighted by Gasteiger charge is 2.12. The molecule has 0 saturated carbocycles. The molecule has 17 heavy (non-hydrogen) atoms. The average molecular weight is 236 g/mol. The highest BCUT2D eigenvalue weighted by molar-refractivity contribution is 4.79. The summed E-state index contributed by atoms with van der Waals surface area (Å²) in [5, 5.41) is 0. The molecule has 0 spiro atoms. The first-order valence-electron chi connectivity index (χ1n) is 5.99. The van der Waals surface area contributed by atoms with Crippen LogP contribution in [0.5, 0.6) is 0 Å². The molecule has 0 heterocycles. The van der Waals surface area contributed by atoms with Crippen LogP contribution in [0.15, 0.2) is 50.8 Å². The average Bonchev–Trinajstić information content (AvgIpc) is 2.33. The highest BCUT2D eigenvalue weighted by Crippen LogP contribution is 2.14. The number of hydrogen-bond donors (Lipinski definition) is 0. The second kappa shape index (κ2) is 11.2. The SMILES string of the molecule is C=CCOC(CC=C)CCC(CC=C)OC=C. The molecule has 2 nitrogen and oxygen atoms in total. The molecule has 0 aliphatic heterocycles. The molecule has 2 unspecified atom stereocenters. The van der Waals surface area contributed by atoms with Crippen LogP contribution >= 0.6 is 0 Å². The van der Waals surface area contributed by atoms with Gasteiger partial charge in [0.15, 0.2) is 0 Å². The maximum atomic E-state index is 5.64. The minimum Gasteiger partial charge on any atom is -0.498 e. The van der Waals surface area contributed by atoms with Gasteiger partial charge in [0.2, 0.25) is 0 Å². The molecule has 0 saturated heterocycles. The van der Waals surface area contributed by atoms with Crippen LogP contribution in [0.3, 0.4) is 0 Å². The summed E-state index contributed by atoms with van der Waals surface area (Å²) < 4.78 is 11.0. The third kappa shape index (κ3) is 8.52. The van der Waals surface area contributed by atoms with Gasteiger partial charge in [-0.2, -0.15) is 0 Å². The van der Waals surface area contributed by atoms with E-state index in [2.05, 4.69) is 26.3 Å². The predicted molar refractivity (Wildman–Crippen MR) is 73.9 cm³/mol. The van der Waals surface area contributed by atoms with Crippen molar-refractivity contribution in [1.82, 2.24) is 0 Å². The van der Waals surface area contributed by atoms with Crippen LogP contribution in [-0.4, -0.2) is 18.8 Å². The number of ether oxygens (including phenoxy) is 2. The summed E-state index contributed by atoms with van der Waals surface area (Å²) in [6.45, 7) is 15.3. The first-order chi connectivity index (χ1) is 8.28. The largest absolute Gasteiger partial charge is 0.498 e. The first kappa shape index (κ1) is 15.7. The first-order valence-corrected chi connectivity index (χ1v) is 5.99. The third-order valence-corrected chi connectivity index (χ3v) is 2.41. The molecule has 0 aromatic heterocycles. The molecule has 0 radical (unpaired) electrons. The Labute approximate surface area is 105 Å². The highest BCUT2D eigenvalue weighted by atomic mass is 16.5. The van der Waals surface area contributed by atoms with E-state index in [4.69, 9.17) is 9.47 Å². The molecule has 2 atom stereocenters. The van der Waals surface area contributed by atoms with Crippen LogP contribution in [-0.2, 0) is 9.47 Å². The summed E-state index contributed by atoms with van der Waals surface area (Å²) in [5.41, 5.74) is 0. The molecule has 0 bridgehead atoms. The summed E-state index contributed by atoms with van der Waals surface area (Å²) in [6, 6.07) is 0. The van der Waals surface area contributed by atoms with Crippen molar-refractivity contribution >= 4 is 0 Å². The summed E-state index contributed by atoms with van der Waals surface area (Å²) >= 11 is 0. The molecule has 0 fully saturated rings. The van der Waals surface area contributed by atoms with E-state index in [1.807, 2.05) is 12.2 Å². The van der Waals surface area contributed by atoms with Crippen LogP contribution in [0.2, 0.25) is 0 Å². The van der Waals surface area contributed by atoms with Crippen LogP contribution in [0.4, 0.5) is 0 Å². The molecule has 0 N–H and O–H groups in total. The minimum atomic E-state index is 0.143. The van der Waals surface area contributed by atoms with Gasteiger partial charge in [-0.3, -0.25) is 0 Å². The van der Waals surface area contributed by atoms with Crippen molar-refractivity contribution in [2.75, 3.05) is 6.61 Å². The fourth-order valence-electron chi connectivity index (χ4n) is 1.59. The second-order valence-corrected chi connectivity index (χ2v) is 3.79. The van der Waals surface area contributed by atoms with E-state index in [1.54, 1.807) is 6.08 Å². The van der Waals surface area contributed by atoms with Gasteiger partial charge in [0.25, 0.3) is 0 Å². The Morgan fingerprint density at radius 3 is 1.94 bits per heavy atom. The van der Waals surface area contributed by atoms with Crippen LogP contribution in [0, 0.1) is 0 Å². The maximum absolute atomic E-state index is 5.64. The van der Waals surface area contributed by atoms with E-state index in [0.29, 0.717) is 6.61 Å². The van der Waals surface area contributed by atoms with Gasteiger partial charge in [-0.15, -0.1) is 19.7 Å². The van der Waals surface area contributed by atoms with Crippen LogP contribution in [0.25, 0.3) is 0 Å². The Bertz CT molecular complexity index is 223. The summed E-state index contributed by atoms with van der Waals surface area (Å²) in [5.74, 6) is 0. The molecule has 0 aromatic carbocycles. The predicted octanol–water partition coefficient (Wildman–Crippen LogP) is 4.02. The van der Waals surface area contributed by atoms with Gasteiger partial charge in [0.1, 0.15) is 6.10 Å². The van der Waals surface area contributed by atoms with E-state index < -0.39 is 0 Å². The summed E-state index contributed by atoms with van der Waals surface area (Å²) in [7, 11) is 0. The van der Waals surface area contributed by atoms with Crippen molar-refractivity contribution < 1.29 is 9.47 Å². The lowest BCUT2D eigenvalue weighted by Gasteiger charge is -2.19. The normalized spacial score (nSPS) is 13.4. The zero-order chi connectivity index (χ0) is 12.9. The molecule has 0 rings (SSSR count). The third-order valence-electron chi connectivity index (χ3n) is 2.41. The second-order valence-electron chi connectivity index (χ2n) is 3.79. The quantitative estimate of drug-likeness (QED) is 0.376. The number of hydrogen-bond acceptors (Lipinski definition) is 2. The van der Waals surface area contributed by atoms with Crippen LogP contribution in [0.1, 0.15) is 25.7 Å². The van der Waals surface area contributed by atoms with Crippen molar-refractivity contribution in [3.8, 4) is 0 Å². The van der Waals surface area contributed by atoms with E-state index in [9.17, 15) is 0 Å².